The van der Waals surface area contributed by atoms with Gasteiger partial charge < -0.3 is 9.80 Å². The van der Waals surface area contributed by atoms with E-state index < -0.39 is 0 Å². The van der Waals surface area contributed by atoms with Gasteiger partial charge in [0.1, 0.15) is 6.04 Å². The number of piperazine rings is 1. The van der Waals surface area contributed by atoms with Crippen LogP contribution in [-0.2, 0) is 9.59 Å². The maximum absolute atomic E-state index is 13.2. The van der Waals surface area contributed by atoms with Gasteiger partial charge in [-0.15, -0.1) is 0 Å². The summed E-state index contributed by atoms with van der Waals surface area (Å²) < 4.78 is 0. The van der Waals surface area contributed by atoms with E-state index in [4.69, 9.17) is 0 Å². The van der Waals surface area contributed by atoms with Gasteiger partial charge in [0.2, 0.25) is 11.8 Å². The number of hydrogen-bond acceptors (Lipinski definition) is 3. The molecule has 2 amide bonds. The van der Waals surface area contributed by atoms with Crippen molar-refractivity contribution in [1.29, 1.82) is 0 Å². The monoisotopic (exact) mass is 341 g/mol. The Balaban J connectivity index is 1.48. The number of carbonyl (C=O) groups is 2. The number of carbonyl (C=O) groups excluding carboxylic acids is 2. The summed E-state index contributed by atoms with van der Waals surface area (Å²) in [6, 6.07) is 9.91. The average Bonchev–Trinajstić information content (AvgIpc) is 3.36. The molecular formula is C20H27N3O2. The first-order valence-electron chi connectivity index (χ1n) is 9.60. The molecule has 1 aliphatic carbocycles. The van der Waals surface area contributed by atoms with E-state index in [-0.39, 0.29) is 17.9 Å². The van der Waals surface area contributed by atoms with Gasteiger partial charge in [0.05, 0.1) is 0 Å². The van der Waals surface area contributed by atoms with Gasteiger partial charge in [-0.25, -0.2) is 0 Å². The predicted octanol–water partition coefficient (Wildman–Crippen LogP) is 1.90. The van der Waals surface area contributed by atoms with E-state index in [1.807, 2.05) is 28.0 Å². The molecule has 2 saturated heterocycles. The molecule has 1 saturated carbocycles. The minimum absolute atomic E-state index is 0.211. The molecule has 0 spiro atoms. The van der Waals surface area contributed by atoms with Gasteiger partial charge in [0.25, 0.3) is 0 Å². The Kier molecular flexibility index (Phi) is 4.75. The molecule has 134 valence electrons. The Morgan fingerprint density at radius 2 is 1.48 bits per heavy atom. The first-order chi connectivity index (χ1) is 12.2. The van der Waals surface area contributed by atoms with Crippen LogP contribution in [0.1, 0.15) is 37.3 Å². The summed E-state index contributed by atoms with van der Waals surface area (Å²) in [5, 5.41) is 0. The summed E-state index contributed by atoms with van der Waals surface area (Å²) in [5.74, 6) is 0.829. The van der Waals surface area contributed by atoms with Gasteiger partial charge in [0, 0.05) is 45.2 Å². The molecule has 3 aliphatic rings. The van der Waals surface area contributed by atoms with Gasteiger partial charge in [0.15, 0.2) is 0 Å². The van der Waals surface area contributed by atoms with Crippen LogP contribution in [0.2, 0.25) is 0 Å². The average molecular weight is 341 g/mol. The Morgan fingerprint density at radius 3 is 2.08 bits per heavy atom. The van der Waals surface area contributed by atoms with Crippen LogP contribution in [0, 0.1) is 5.92 Å². The molecule has 4 rings (SSSR count). The maximum atomic E-state index is 13.2. The van der Waals surface area contributed by atoms with Crippen molar-refractivity contribution in [3.8, 4) is 0 Å². The number of amides is 2. The lowest BCUT2D eigenvalue weighted by atomic mass is 10.0. The molecule has 1 aromatic carbocycles. The van der Waals surface area contributed by atoms with Crippen LogP contribution in [0.3, 0.4) is 0 Å². The van der Waals surface area contributed by atoms with Crippen molar-refractivity contribution >= 4 is 11.8 Å². The van der Waals surface area contributed by atoms with Crippen molar-refractivity contribution in [2.45, 2.75) is 31.7 Å². The largest absolute Gasteiger partial charge is 0.341 e. The summed E-state index contributed by atoms with van der Waals surface area (Å²) in [4.78, 5) is 31.7. The molecule has 0 radical (unpaired) electrons. The fourth-order valence-corrected chi connectivity index (χ4v) is 4.04. The number of likely N-dealkylation sites (tertiary alicyclic amines) is 1. The van der Waals surface area contributed by atoms with Crippen LogP contribution in [0.15, 0.2) is 30.3 Å². The first kappa shape index (κ1) is 16.6. The zero-order valence-electron chi connectivity index (χ0n) is 14.8. The SMILES string of the molecule is O=C(C1CC1)N1CCN([C@H](C(=O)N2CCCC2)c2ccccc2)CC1. The van der Waals surface area contributed by atoms with Crippen LogP contribution in [0.5, 0.6) is 0 Å². The van der Waals surface area contributed by atoms with Gasteiger partial charge in [-0.2, -0.15) is 0 Å². The smallest absolute Gasteiger partial charge is 0.244 e. The first-order valence-corrected chi connectivity index (χ1v) is 9.60. The lowest BCUT2D eigenvalue weighted by Crippen LogP contribution is -2.53. The molecule has 1 atom stereocenters. The van der Waals surface area contributed by atoms with Crippen molar-refractivity contribution in [2.75, 3.05) is 39.3 Å². The third kappa shape index (κ3) is 3.56. The van der Waals surface area contributed by atoms with Crippen LogP contribution in [0.4, 0.5) is 0 Å². The minimum Gasteiger partial charge on any atom is -0.341 e. The molecule has 1 aromatic rings. The van der Waals surface area contributed by atoms with Gasteiger partial charge in [-0.05, 0) is 31.2 Å². The number of benzene rings is 1. The van der Waals surface area contributed by atoms with E-state index in [2.05, 4.69) is 17.0 Å². The van der Waals surface area contributed by atoms with Gasteiger partial charge in [-0.3, -0.25) is 14.5 Å². The lowest BCUT2D eigenvalue weighted by molar-refractivity contribution is -0.139. The molecule has 0 unspecified atom stereocenters. The highest BCUT2D eigenvalue weighted by molar-refractivity contribution is 5.84. The zero-order chi connectivity index (χ0) is 17.2. The quantitative estimate of drug-likeness (QED) is 0.840. The molecule has 0 N–H and O–H groups in total. The highest BCUT2D eigenvalue weighted by Gasteiger charge is 2.38. The number of hydrogen-bond donors (Lipinski definition) is 0. The third-order valence-corrected chi connectivity index (χ3v) is 5.68. The Morgan fingerprint density at radius 1 is 0.840 bits per heavy atom. The second kappa shape index (κ2) is 7.16. The zero-order valence-corrected chi connectivity index (χ0v) is 14.8. The van der Waals surface area contributed by atoms with E-state index in [1.165, 1.54) is 0 Å². The molecule has 25 heavy (non-hydrogen) atoms. The van der Waals surface area contributed by atoms with E-state index in [9.17, 15) is 9.59 Å². The number of nitrogens with zero attached hydrogens (tertiary/aromatic N) is 3. The van der Waals surface area contributed by atoms with Gasteiger partial charge in [-0.1, -0.05) is 30.3 Å². The third-order valence-electron chi connectivity index (χ3n) is 5.68. The topological polar surface area (TPSA) is 43.9 Å². The second-order valence-electron chi connectivity index (χ2n) is 7.48. The molecule has 2 aliphatic heterocycles. The Labute approximate surface area is 149 Å². The van der Waals surface area contributed by atoms with Crippen LogP contribution >= 0.6 is 0 Å². The molecule has 5 heteroatoms. The van der Waals surface area contributed by atoms with E-state index >= 15 is 0 Å². The van der Waals surface area contributed by atoms with E-state index in [1.54, 1.807) is 0 Å². The Hall–Kier alpha value is -1.88. The normalized spacial score (nSPS) is 22.9. The van der Waals surface area contributed by atoms with Crippen molar-refractivity contribution in [1.82, 2.24) is 14.7 Å². The van der Waals surface area contributed by atoms with Gasteiger partial charge >= 0.3 is 0 Å². The molecule has 5 nitrogen and oxygen atoms in total. The minimum atomic E-state index is -0.211. The lowest BCUT2D eigenvalue weighted by Gasteiger charge is -2.40. The van der Waals surface area contributed by atoms with Crippen LogP contribution in [0.25, 0.3) is 0 Å². The van der Waals surface area contributed by atoms with Crippen molar-refractivity contribution in [3.63, 3.8) is 0 Å². The summed E-state index contributed by atoms with van der Waals surface area (Å²) >= 11 is 0. The maximum Gasteiger partial charge on any atom is 0.244 e. The van der Waals surface area contributed by atoms with Crippen molar-refractivity contribution in [3.05, 3.63) is 35.9 Å². The van der Waals surface area contributed by atoms with Crippen molar-refractivity contribution < 1.29 is 9.59 Å². The van der Waals surface area contributed by atoms with Crippen LogP contribution < -0.4 is 0 Å². The fraction of sp³-hybridized carbons (Fsp3) is 0.600. The highest BCUT2D eigenvalue weighted by atomic mass is 16.2. The Bertz CT molecular complexity index is 615. The summed E-state index contributed by atoms with van der Waals surface area (Å²) in [6.07, 6.45) is 4.33. The predicted molar refractivity (Wildman–Crippen MR) is 95.9 cm³/mol. The number of rotatable bonds is 4. The van der Waals surface area contributed by atoms with Crippen LogP contribution in [-0.4, -0.2) is 65.8 Å². The molecular weight excluding hydrogens is 314 g/mol. The fourth-order valence-electron chi connectivity index (χ4n) is 4.04. The van der Waals surface area contributed by atoms with Crippen molar-refractivity contribution in [2.24, 2.45) is 5.92 Å². The second-order valence-corrected chi connectivity index (χ2v) is 7.48. The van der Waals surface area contributed by atoms with E-state index in [0.717, 1.165) is 70.5 Å². The highest BCUT2D eigenvalue weighted by Crippen LogP contribution is 2.32. The molecule has 0 aromatic heterocycles. The standard InChI is InChI=1S/C20H27N3O2/c24-19(17-8-9-17)23-14-12-21(13-15-23)18(16-6-2-1-3-7-16)20(25)22-10-4-5-11-22/h1-3,6-7,17-18H,4-5,8-15H2/t18-/m0/s1. The molecule has 2 heterocycles. The molecule has 3 fully saturated rings. The summed E-state index contributed by atoms with van der Waals surface area (Å²) in [7, 11) is 0. The van der Waals surface area contributed by atoms with E-state index in [0.29, 0.717) is 5.91 Å². The molecule has 0 bridgehead atoms. The summed E-state index contributed by atoms with van der Waals surface area (Å²) in [6.45, 7) is 4.79. The summed E-state index contributed by atoms with van der Waals surface area (Å²) in [5.41, 5.74) is 1.07.